The minimum atomic E-state index is -4.49. The molecule has 0 atom stereocenters. The van der Waals surface area contributed by atoms with Gasteiger partial charge in [-0.15, -0.1) is 0 Å². The van der Waals surface area contributed by atoms with Crippen molar-refractivity contribution in [2.75, 3.05) is 0 Å². The van der Waals surface area contributed by atoms with E-state index in [9.17, 15) is 18.0 Å². The lowest BCUT2D eigenvalue weighted by Gasteiger charge is -1.97. The van der Waals surface area contributed by atoms with Gasteiger partial charge in [0.1, 0.15) is 0 Å². The molecule has 0 rings (SSSR count). The third-order valence-corrected chi connectivity index (χ3v) is 0.883. The number of alkyl halides is 3. The molecule has 1 nitrogen and oxygen atoms in total. The zero-order valence-corrected chi connectivity index (χ0v) is 5.11. The zero-order chi connectivity index (χ0) is 6.78. The van der Waals surface area contributed by atoms with Crippen LogP contribution < -0.4 is 0 Å². The predicted molar refractivity (Wildman–Crippen MR) is 28.0 cm³/mol. The minimum absolute atomic E-state index is 0.763. The standard InChI is InChI=1S/C2HF3OS2/c3-2(4,5)8-1(6)7/h(H,6,7). The number of rotatable bonds is 0. The number of hydrogen-bond donors (Lipinski definition) is 1. The average Bonchev–Trinajstić information content (AvgIpc) is 1.21. The first kappa shape index (κ1) is 8.16. The van der Waals surface area contributed by atoms with Gasteiger partial charge in [0, 0.05) is 11.8 Å². The molecule has 0 saturated heterocycles. The fourth-order valence-corrected chi connectivity index (χ4v) is 0.608. The summed E-state index contributed by atoms with van der Waals surface area (Å²) < 4.78 is 31.8. The Kier molecular flexibility index (Phi) is 2.68. The van der Waals surface area contributed by atoms with Crippen molar-refractivity contribution >= 4 is 28.8 Å². The maximum Gasteiger partial charge on any atom is 0.449 e. The fourth-order valence-electron chi connectivity index (χ4n) is 0.0990. The van der Waals surface area contributed by atoms with Crippen LogP contribution in [0, 0.1) is 0 Å². The largest absolute Gasteiger partial charge is 0.449 e. The van der Waals surface area contributed by atoms with Crippen LogP contribution in [0.1, 0.15) is 0 Å². The average molecular weight is 162 g/mol. The number of carbonyl (C=O) groups excluding carboxylic acids is 1. The molecule has 0 N–H and O–H groups in total. The van der Waals surface area contributed by atoms with E-state index in [1.165, 1.54) is 0 Å². The molecule has 0 amide bonds. The van der Waals surface area contributed by atoms with Crippen molar-refractivity contribution in [1.29, 1.82) is 0 Å². The highest BCUT2D eigenvalue weighted by atomic mass is 32.2. The first-order chi connectivity index (χ1) is 3.42. The van der Waals surface area contributed by atoms with Crippen LogP contribution >= 0.6 is 24.4 Å². The van der Waals surface area contributed by atoms with E-state index in [1.54, 1.807) is 0 Å². The van der Waals surface area contributed by atoms with Crippen LogP contribution in [0.3, 0.4) is 0 Å². The second-order valence-corrected chi connectivity index (χ2v) is 2.56. The monoisotopic (exact) mass is 162 g/mol. The summed E-state index contributed by atoms with van der Waals surface area (Å²) in [6.07, 6.45) is 0. The second kappa shape index (κ2) is 2.63. The van der Waals surface area contributed by atoms with Gasteiger partial charge in [0.2, 0.25) is 0 Å². The summed E-state index contributed by atoms with van der Waals surface area (Å²) in [6, 6.07) is 0. The molecule has 0 aromatic heterocycles. The minimum Gasteiger partial charge on any atom is -0.274 e. The molecular formula is C2HF3OS2. The van der Waals surface area contributed by atoms with Crippen LogP contribution in [0.4, 0.5) is 18.0 Å². The Labute approximate surface area is 53.0 Å². The molecule has 6 heteroatoms. The Morgan fingerprint density at radius 2 is 1.88 bits per heavy atom. The molecule has 0 heterocycles. The highest BCUT2D eigenvalue weighted by Gasteiger charge is 2.31. The molecule has 0 spiro atoms. The summed E-state index contributed by atoms with van der Waals surface area (Å²) in [5.74, 6) is 0. The summed E-state index contributed by atoms with van der Waals surface area (Å²) in [6.45, 7) is 0. The highest BCUT2D eigenvalue weighted by molar-refractivity contribution is 8.32. The van der Waals surface area contributed by atoms with E-state index in [4.69, 9.17) is 0 Å². The van der Waals surface area contributed by atoms with E-state index in [1.807, 2.05) is 0 Å². The smallest absolute Gasteiger partial charge is 0.274 e. The maximum atomic E-state index is 11.0. The lowest BCUT2D eigenvalue weighted by molar-refractivity contribution is -0.0317. The second-order valence-electron chi connectivity index (χ2n) is 0.814. The van der Waals surface area contributed by atoms with Crippen LogP contribution in [-0.4, -0.2) is 9.96 Å². The number of halogens is 3. The Hall–Kier alpha value is 0.160. The normalized spacial score (nSPS) is 11.5. The Bertz CT molecular complexity index is 97.9. The predicted octanol–water partition coefficient (Wildman–Crippen LogP) is 2.29. The topological polar surface area (TPSA) is 17.1 Å². The summed E-state index contributed by atoms with van der Waals surface area (Å²) in [5.41, 5.74) is -4.49. The SMILES string of the molecule is O=C(S)SC(F)(F)F. The Morgan fingerprint density at radius 1 is 1.50 bits per heavy atom. The van der Waals surface area contributed by atoms with E-state index >= 15 is 0 Å². The molecule has 0 aromatic carbocycles. The molecule has 0 radical (unpaired) electrons. The van der Waals surface area contributed by atoms with E-state index < -0.39 is 21.7 Å². The summed E-state index contributed by atoms with van der Waals surface area (Å²) in [4.78, 5) is 9.57. The summed E-state index contributed by atoms with van der Waals surface area (Å²) in [7, 11) is 0. The van der Waals surface area contributed by atoms with Gasteiger partial charge in [-0.05, 0) is 0 Å². The zero-order valence-electron chi connectivity index (χ0n) is 3.40. The van der Waals surface area contributed by atoms with Gasteiger partial charge in [0.25, 0.3) is 4.45 Å². The molecule has 8 heavy (non-hydrogen) atoms. The molecule has 0 aromatic rings. The van der Waals surface area contributed by atoms with Crippen LogP contribution in [0.15, 0.2) is 0 Å². The molecule has 0 unspecified atom stereocenters. The van der Waals surface area contributed by atoms with Crippen molar-refractivity contribution in [2.24, 2.45) is 0 Å². The van der Waals surface area contributed by atoms with Crippen molar-refractivity contribution in [3.8, 4) is 0 Å². The van der Waals surface area contributed by atoms with Crippen LogP contribution in [0.5, 0.6) is 0 Å². The molecule has 0 saturated carbocycles. The first-order valence-corrected chi connectivity index (χ1v) is 2.67. The molecule has 0 fully saturated rings. The number of hydrogen-bond acceptors (Lipinski definition) is 2. The van der Waals surface area contributed by atoms with Gasteiger partial charge in [-0.3, -0.25) is 4.79 Å². The molecule has 0 aliphatic carbocycles. The molecular weight excluding hydrogens is 161 g/mol. The summed E-state index contributed by atoms with van der Waals surface area (Å²) >= 11 is 2.13. The number of carbonyl (C=O) groups is 1. The van der Waals surface area contributed by atoms with Crippen molar-refractivity contribution < 1.29 is 18.0 Å². The highest BCUT2D eigenvalue weighted by Crippen LogP contribution is 2.31. The maximum absolute atomic E-state index is 11.0. The van der Waals surface area contributed by atoms with E-state index in [0.717, 1.165) is 0 Å². The van der Waals surface area contributed by atoms with Crippen molar-refractivity contribution in [3.05, 3.63) is 0 Å². The lowest BCUT2D eigenvalue weighted by atomic mass is 11.6. The van der Waals surface area contributed by atoms with Gasteiger partial charge in [-0.25, -0.2) is 0 Å². The van der Waals surface area contributed by atoms with Gasteiger partial charge in [0.05, 0.1) is 0 Å². The van der Waals surface area contributed by atoms with Crippen LogP contribution in [0.2, 0.25) is 0 Å². The van der Waals surface area contributed by atoms with Crippen molar-refractivity contribution in [1.82, 2.24) is 0 Å². The molecule has 0 aliphatic rings. The molecule has 0 aliphatic heterocycles. The molecule has 48 valence electrons. The van der Waals surface area contributed by atoms with Crippen molar-refractivity contribution in [3.63, 3.8) is 0 Å². The van der Waals surface area contributed by atoms with Gasteiger partial charge in [0.15, 0.2) is 0 Å². The van der Waals surface area contributed by atoms with Crippen LogP contribution in [0.25, 0.3) is 0 Å². The number of thiol groups is 1. The van der Waals surface area contributed by atoms with E-state index in [2.05, 4.69) is 12.6 Å². The Balaban J connectivity index is 3.55. The number of thioether (sulfide) groups is 1. The van der Waals surface area contributed by atoms with Crippen molar-refractivity contribution in [2.45, 2.75) is 5.51 Å². The van der Waals surface area contributed by atoms with E-state index in [0.29, 0.717) is 0 Å². The summed E-state index contributed by atoms with van der Waals surface area (Å²) in [5, 5.41) is 0. The lowest BCUT2D eigenvalue weighted by Crippen LogP contribution is -2.00. The first-order valence-electron chi connectivity index (χ1n) is 1.40. The van der Waals surface area contributed by atoms with Gasteiger partial charge in [-0.2, -0.15) is 13.2 Å². The fraction of sp³-hybridized carbons (Fsp3) is 0.500. The quantitative estimate of drug-likeness (QED) is 0.550. The van der Waals surface area contributed by atoms with E-state index in [-0.39, 0.29) is 0 Å². The Morgan fingerprint density at radius 3 is 1.88 bits per heavy atom. The third kappa shape index (κ3) is 6.16. The van der Waals surface area contributed by atoms with Gasteiger partial charge < -0.3 is 0 Å². The van der Waals surface area contributed by atoms with Gasteiger partial charge >= 0.3 is 5.51 Å². The van der Waals surface area contributed by atoms with Gasteiger partial charge in [-0.1, -0.05) is 12.6 Å². The van der Waals surface area contributed by atoms with Crippen LogP contribution in [-0.2, 0) is 0 Å². The third-order valence-electron chi connectivity index (χ3n) is 0.203. The molecule has 0 bridgehead atoms.